The van der Waals surface area contributed by atoms with Crippen LogP contribution in [0.4, 0.5) is 5.69 Å². The molecule has 0 aromatic heterocycles. The van der Waals surface area contributed by atoms with E-state index in [-0.39, 0.29) is 22.1 Å². The van der Waals surface area contributed by atoms with E-state index in [1.807, 2.05) is 30.3 Å². The summed E-state index contributed by atoms with van der Waals surface area (Å²) in [5.74, 6) is -0.379. The Hall–Kier alpha value is -3.16. The fourth-order valence-electron chi connectivity index (χ4n) is 2.77. The second-order valence-electron chi connectivity index (χ2n) is 5.99. The van der Waals surface area contributed by atoms with Gasteiger partial charge >= 0.3 is 0 Å². The first-order chi connectivity index (χ1) is 13.9. The summed E-state index contributed by atoms with van der Waals surface area (Å²) in [6.07, 6.45) is 2.88. The van der Waals surface area contributed by atoms with Gasteiger partial charge in [0.15, 0.2) is 0 Å². The van der Waals surface area contributed by atoms with Crippen LogP contribution in [0.15, 0.2) is 88.5 Å². The first kappa shape index (κ1) is 20.6. The SMILES string of the molecule is C=Cc1c(NS(=O)(=O)c2ccccc2O)cc(Sc2ccccc2)c(O)c1C=C. The van der Waals surface area contributed by atoms with Gasteiger partial charge < -0.3 is 10.2 Å². The molecule has 0 radical (unpaired) electrons. The standard InChI is InChI=1S/C22H19NO4S2/c1-3-16-17(4-2)22(25)20(28-15-10-6-5-7-11-15)14-18(16)23-29(26,27)21-13-9-8-12-19(21)24/h3-14,23-25H,1-2H2. The Balaban J connectivity index is 2.12. The summed E-state index contributed by atoms with van der Waals surface area (Å²) >= 11 is 1.29. The molecule has 148 valence electrons. The minimum atomic E-state index is -4.08. The van der Waals surface area contributed by atoms with E-state index >= 15 is 0 Å². The number of para-hydroxylation sites is 1. The van der Waals surface area contributed by atoms with Crippen LogP contribution in [-0.4, -0.2) is 18.6 Å². The van der Waals surface area contributed by atoms with Crippen molar-refractivity contribution in [3.8, 4) is 11.5 Å². The van der Waals surface area contributed by atoms with Gasteiger partial charge in [0.1, 0.15) is 16.4 Å². The van der Waals surface area contributed by atoms with Crippen molar-refractivity contribution in [3.05, 3.63) is 84.9 Å². The lowest BCUT2D eigenvalue weighted by molar-refractivity contribution is 0.458. The summed E-state index contributed by atoms with van der Waals surface area (Å²) in [5, 5.41) is 20.6. The Morgan fingerprint density at radius 1 is 0.897 bits per heavy atom. The van der Waals surface area contributed by atoms with Crippen molar-refractivity contribution in [2.24, 2.45) is 0 Å². The molecular formula is C22H19NO4S2. The predicted molar refractivity (Wildman–Crippen MR) is 118 cm³/mol. The van der Waals surface area contributed by atoms with Gasteiger partial charge in [-0.2, -0.15) is 0 Å². The minimum Gasteiger partial charge on any atom is -0.507 e. The van der Waals surface area contributed by atoms with E-state index in [2.05, 4.69) is 17.9 Å². The molecule has 3 aromatic rings. The summed E-state index contributed by atoms with van der Waals surface area (Å²) in [7, 11) is -4.08. The van der Waals surface area contributed by atoms with E-state index in [0.717, 1.165) is 4.90 Å². The van der Waals surface area contributed by atoms with Crippen LogP contribution in [0.1, 0.15) is 11.1 Å². The van der Waals surface area contributed by atoms with Crippen LogP contribution in [0, 0.1) is 0 Å². The first-order valence-electron chi connectivity index (χ1n) is 8.56. The molecule has 0 heterocycles. The van der Waals surface area contributed by atoms with E-state index in [9.17, 15) is 18.6 Å². The molecule has 5 nitrogen and oxygen atoms in total. The average Bonchev–Trinajstić information content (AvgIpc) is 2.70. The van der Waals surface area contributed by atoms with Crippen LogP contribution in [0.5, 0.6) is 11.5 Å². The molecule has 0 fully saturated rings. The third kappa shape index (κ3) is 4.31. The highest BCUT2D eigenvalue weighted by molar-refractivity contribution is 7.99. The number of hydrogen-bond acceptors (Lipinski definition) is 5. The van der Waals surface area contributed by atoms with E-state index in [0.29, 0.717) is 16.0 Å². The zero-order chi connectivity index (χ0) is 21.0. The van der Waals surface area contributed by atoms with Crippen molar-refractivity contribution in [2.45, 2.75) is 14.7 Å². The molecule has 0 amide bonds. The first-order valence-corrected chi connectivity index (χ1v) is 10.9. The number of phenolic OH excluding ortho intramolecular Hbond substituents is 2. The molecular weight excluding hydrogens is 406 g/mol. The van der Waals surface area contributed by atoms with Crippen molar-refractivity contribution in [2.75, 3.05) is 4.72 Å². The zero-order valence-corrected chi connectivity index (χ0v) is 17.0. The van der Waals surface area contributed by atoms with Crippen LogP contribution in [-0.2, 0) is 10.0 Å². The summed E-state index contributed by atoms with van der Waals surface area (Å²) in [5.41, 5.74) is 0.958. The second-order valence-corrected chi connectivity index (χ2v) is 8.76. The number of hydrogen-bond donors (Lipinski definition) is 3. The molecule has 3 aromatic carbocycles. The number of phenols is 2. The molecule has 0 aliphatic carbocycles. The number of sulfonamides is 1. The molecule has 7 heteroatoms. The van der Waals surface area contributed by atoms with Gasteiger partial charge in [0.2, 0.25) is 0 Å². The van der Waals surface area contributed by atoms with Gasteiger partial charge in [-0.1, -0.05) is 67.4 Å². The van der Waals surface area contributed by atoms with E-state index in [4.69, 9.17) is 0 Å². The zero-order valence-electron chi connectivity index (χ0n) is 15.4. The van der Waals surface area contributed by atoms with Crippen molar-refractivity contribution in [3.63, 3.8) is 0 Å². The molecule has 0 bridgehead atoms. The number of nitrogens with one attached hydrogen (secondary N) is 1. The highest BCUT2D eigenvalue weighted by Gasteiger charge is 2.22. The van der Waals surface area contributed by atoms with Gasteiger partial charge in [0.25, 0.3) is 10.0 Å². The lowest BCUT2D eigenvalue weighted by Gasteiger charge is -2.17. The topological polar surface area (TPSA) is 86.6 Å². The van der Waals surface area contributed by atoms with Gasteiger partial charge in [0, 0.05) is 16.0 Å². The molecule has 0 spiro atoms. The lowest BCUT2D eigenvalue weighted by Crippen LogP contribution is -2.14. The summed E-state index contributed by atoms with van der Waals surface area (Å²) < 4.78 is 28.2. The van der Waals surface area contributed by atoms with Crippen molar-refractivity contribution in [1.29, 1.82) is 0 Å². The second kappa shape index (κ2) is 8.46. The maximum Gasteiger partial charge on any atom is 0.265 e. The predicted octanol–water partition coefficient (Wildman–Crippen LogP) is 5.34. The molecule has 0 saturated heterocycles. The lowest BCUT2D eigenvalue weighted by atomic mass is 10.0. The van der Waals surface area contributed by atoms with Crippen molar-refractivity contribution in [1.82, 2.24) is 0 Å². The highest BCUT2D eigenvalue weighted by atomic mass is 32.2. The minimum absolute atomic E-state index is 0.0192. The fourth-order valence-corrected chi connectivity index (χ4v) is 4.87. The Morgan fingerprint density at radius 2 is 1.52 bits per heavy atom. The third-order valence-electron chi connectivity index (χ3n) is 4.12. The Morgan fingerprint density at radius 3 is 2.14 bits per heavy atom. The number of anilines is 1. The molecule has 3 N–H and O–H groups in total. The average molecular weight is 426 g/mol. The van der Waals surface area contributed by atoms with Gasteiger partial charge in [-0.15, -0.1) is 0 Å². The number of rotatable bonds is 7. The molecule has 0 aliphatic heterocycles. The summed E-state index contributed by atoms with van der Waals surface area (Å²) in [6, 6.07) is 16.6. The largest absolute Gasteiger partial charge is 0.507 e. The quantitative estimate of drug-likeness (QED) is 0.445. The van der Waals surface area contributed by atoms with Crippen LogP contribution in [0.25, 0.3) is 12.2 Å². The summed E-state index contributed by atoms with van der Waals surface area (Å²) in [4.78, 5) is 1.07. The maximum atomic E-state index is 12.8. The van der Waals surface area contributed by atoms with E-state index < -0.39 is 10.0 Å². The molecule has 3 rings (SSSR count). The fraction of sp³-hybridized carbons (Fsp3) is 0. The van der Waals surface area contributed by atoms with E-state index in [1.165, 1.54) is 54.2 Å². The van der Waals surface area contributed by atoms with Crippen LogP contribution in [0.3, 0.4) is 0 Å². The number of aromatic hydroxyl groups is 2. The smallest absolute Gasteiger partial charge is 0.265 e. The maximum absolute atomic E-state index is 12.8. The van der Waals surface area contributed by atoms with Crippen LogP contribution in [0.2, 0.25) is 0 Å². The van der Waals surface area contributed by atoms with Gasteiger partial charge in [-0.3, -0.25) is 4.72 Å². The number of benzene rings is 3. The van der Waals surface area contributed by atoms with Gasteiger partial charge in [-0.25, -0.2) is 8.42 Å². The summed E-state index contributed by atoms with van der Waals surface area (Å²) in [6.45, 7) is 7.45. The molecule has 29 heavy (non-hydrogen) atoms. The molecule has 0 atom stereocenters. The third-order valence-corrected chi connectivity index (χ3v) is 6.57. The highest BCUT2D eigenvalue weighted by Crippen LogP contribution is 2.42. The Labute approximate surface area is 174 Å². The monoisotopic (exact) mass is 425 g/mol. The van der Waals surface area contributed by atoms with Gasteiger partial charge in [0.05, 0.1) is 10.6 Å². The molecule has 0 unspecified atom stereocenters. The molecule has 0 saturated carbocycles. The van der Waals surface area contributed by atoms with Crippen molar-refractivity contribution < 1.29 is 18.6 Å². The Kier molecular flexibility index (Phi) is 6.00. The molecule has 0 aliphatic rings. The normalized spacial score (nSPS) is 11.0. The Bertz CT molecular complexity index is 1170. The van der Waals surface area contributed by atoms with Gasteiger partial charge in [-0.05, 0) is 30.3 Å². The van der Waals surface area contributed by atoms with Crippen molar-refractivity contribution >= 4 is 39.6 Å². The van der Waals surface area contributed by atoms with Crippen LogP contribution >= 0.6 is 11.8 Å². The van der Waals surface area contributed by atoms with Crippen LogP contribution < -0.4 is 4.72 Å². The van der Waals surface area contributed by atoms with E-state index in [1.54, 1.807) is 0 Å².